The smallest absolute Gasteiger partial charge is 0.569 e. The predicted molar refractivity (Wildman–Crippen MR) is 77.5 cm³/mol. The van der Waals surface area contributed by atoms with Gasteiger partial charge in [0.25, 0.3) is 0 Å². The molecule has 0 aliphatic rings. The van der Waals surface area contributed by atoms with E-state index in [0.717, 1.165) is 0 Å². The molecule has 0 saturated heterocycles. The number of rotatable bonds is 12. The molecular weight excluding hydrogens is 334 g/mol. The molecule has 0 rings (SSSR count). The van der Waals surface area contributed by atoms with Crippen molar-refractivity contribution in [3.05, 3.63) is 5.21 Å². The molecule has 0 atom stereocenters. The first kappa shape index (κ1) is 21.2. The van der Waals surface area contributed by atoms with E-state index < -0.39 is 17.9 Å². The van der Waals surface area contributed by atoms with Crippen LogP contribution in [-0.4, -0.2) is 82.2 Å². The van der Waals surface area contributed by atoms with Crippen LogP contribution in [0.15, 0.2) is 5.28 Å². The molecule has 0 unspecified atom stereocenters. The zero-order valence-corrected chi connectivity index (χ0v) is 15.8. The second kappa shape index (κ2) is 10.1. The van der Waals surface area contributed by atoms with Crippen molar-refractivity contribution in [3.8, 4) is 0 Å². The lowest BCUT2D eigenvalue weighted by Gasteiger charge is -2.33. The molecule has 0 bridgehead atoms. The zero-order valence-electron chi connectivity index (χ0n) is 13.8. The Bertz CT molecular complexity index is 333. The molecular formula is C9H25N3O8Si2. The molecule has 0 aromatic carbocycles. The first-order valence-electron chi connectivity index (χ1n) is 6.37. The summed E-state index contributed by atoms with van der Waals surface area (Å²) >= 11 is 0. The Morgan fingerprint density at radius 2 is 1.55 bits per heavy atom. The van der Waals surface area contributed by atoms with E-state index in [1.807, 2.05) is 0 Å². The van der Waals surface area contributed by atoms with E-state index in [1.54, 1.807) is 0 Å². The lowest BCUT2D eigenvalue weighted by Crippen LogP contribution is -2.58. The molecule has 13 heteroatoms. The standard InChI is InChI=1S/C9H25N3O8Si2/c1-11(12(14)10-13)8-7-9-21(15-2,16-3)20-22(17-4,18-5)19-6/h13H,7-9H2,1-6H3. The highest BCUT2D eigenvalue weighted by Crippen LogP contribution is 2.23. The van der Waals surface area contributed by atoms with Gasteiger partial charge in [0, 0.05) is 41.6 Å². The van der Waals surface area contributed by atoms with Crippen LogP contribution in [0.5, 0.6) is 0 Å². The van der Waals surface area contributed by atoms with Crippen LogP contribution in [0, 0.1) is 5.21 Å². The molecule has 0 aromatic rings. The van der Waals surface area contributed by atoms with Gasteiger partial charge in [0.15, 0.2) is 0 Å². The summed E-state index contributed by atoms with van der Waals surface area (Å²) in [5, 5.41) is 23.1. The van der Waals surface area contributed by atoms with E-state index >= 15 is 0 Å². The second-order valence-electron chi connectivity index (χ2n) is 4.13. The van der Waals surface area contributed by atoms with Gasteiger partial charge in [-0.2, -0.15) is 0 Å². The van der Waals surface area contributed by atoms with E-state index in [0.29, 0.717) is 19.0 Å². The molecule has 0 aliphatic carbocycles. The Hall–Kier alpha value is -0.806. The third-order valence-electron chi connectivity index (χ3n) is 2.99. The molecule has 0 radical (unpaired) electrons. The van der Waals surface area contributed by atoms with Crippen molar-refractivity contribution in [1.29, 1.82) is 0 Å². The summed E-state index contributed by atoms with van der Waals surface area (Å²) in [5.74, 6) is 0. The van der Waals surface area contributed by atoms with Crippen LogP contribution in [0.4, 0.5) is 0 Å². The zero-order chi connectivity index (χ0) is 17.2. The fourth-order valence-corrected chi connectivity index (χ4v) is 6.93. The van der Waals surface area contributed by atoms with Crippen LogP contribution in [0.2, 0.25) is 6.04 Å². The molecule has 0 aromatic heterocycles. The van der Waals surface area contributed by atoms with Gasteiger partial charge < -0.3 is 36.7 Å². The first-order valence-corrected chi connectivity index (χ1v) is 9.93. The van der Waals surface area contributed by atoms with E-state index in [4.69, 9.17) is 31.5 Å². The van der Waals surface area contributed by atoms with Gasteiger partial charge in [0.2, 0.25) is 5.28 Å². The first-order chi connectivity index (χ1) is 10.4. The normalized spacial score (nSPS) is 13.5. The summed E-state index contributed by atoms with van der Waals surface area (Å²) in [6.45, 7) is 0.305. The fraction of sp³-hybridized carbons (Fsp3) is 1.00. The number of nitrogens with zero attached hydrogens (tertiary/aromatic N) is 3. The van der Waals surface area contributed by atoms with E-state index in [9.17, 15) is 5.21 Å². The topological polar surface area (TPSA) is 117 Å². The quantitative estimate of drug-likeness (QED) is 0.225. The van der Waals surface area contributed by atoms with Crippen molar-refractivity contribution >= 4 is 17.9 Å². The highest BCUT2D eigenvalue weighted by atomic mass is 28.5. The Morgan fingerprint density at radius 1 is 1.05 bits per heavy atom. The molecule has 11 nitrogen and oxygen atoms in total. The van der Waals surface area contributed by atoms with Gasteiger partial charge in [0.1, 0.15) is 0 Å². The van der Waals surface area contributed by atoms with Gasteiger partial charge in [-0.3, -0.25) is 0 Å². The van der Waals surface area contributed by atoms with Gasteiger partial charge in [-0.15, -0.1) is 5.01 Å². The second-order valence-corrected chi connectivity index (χ2v) is 9.86. The summed E-state index contributed by atoms with van der Waals surface area (Å²) in [5.41, 5.74) is 0. The number of hydrogen-bond donors (Lipinski definition) is 1. The van der Waals surface area contributed by atoms with Crippen molar-refractivity contribution in [2.45, 2.75) is 12.5 Å². The van der Waals surface area contributed by atoms with E-state index in [2.05, 4.69) is 5.28 Å². The van der Waals surface area contributed by atoms with Crippen molar-refractivity contribution in [1.82, 2.24) is 5.01 Å². The van der Waals surface area contributed by atoms with E-state index in [1.165, 1.54) is 47.6 Å². The summed E-state index contributed by atoms with van der Waals surface area (Å²) in [4.78, 5) is 0.0716. The van der Waals surface area contributed by atoms with Crippen molar-refractivity contribution < 1.29 is 36.4 Å². The maximum Gasteiger partial charge on any atom is 0.671 e. The maximum absolute atomic E-state index is 11.1. The van der Waals surface area contributed by atoms with E-state index in [-0.39, 0.29) is 4.97 Å². The molecule has 0 heterocycles. The Balaban J connectivity index is 4.82. The molecule has 1 N–H and O–H groups in total. The predicted octanol–water partition coefficient (Wildman–Crippen LogP) is 0.198. The van der Waals surface area contributed by atoms with Gasteiger partial charge in [-0.1, -0.05) is 0 Å². The van der Waals surface area contributed by atoms with Crippen LogP contribution >= 0.6 is 0 Å². The van der Waals surface area contributed by atoms with Gasteiger partial charge in [-0.25, -0.2) is 0 Å². The Morgan fingerprint density at radius 3 is 1.91 bits per heavy atom. The molecule has 0 aliphatic heterocycles. The Kier molecular flexibility index (Phi) is 9.69. The van der Waals surface area contributed by atoms with Gasteiger partial charge in [0.05, 0.1) is 18.6 Å². The monoisotopic (exact) mass is 359 g/mol. The van der Waals surface area contributed by atoms with Gasteiger partial charge in [-0.05, 0) is 6.42 Å². The van der Waals surface area contributed by atoms with Crippen LogP contribution in [0.25, 0.3) is 0 Å². The van der Waals surface area contributed by atoms with Crippen LogP contribution in [0.1, 0.15) is 6.42 Å². The summed E-state index contributed by atoms with van der Waals surface area (Å²) < 4.78 is 32.3. The highest BCUT2D eigenvalue weighted by Gasteiger charge is 2.54. The van der Waals surface area contributed by atoms with Crippen LogP contribution in [0.3, 0.4) is 0 Å². The fourth-order valence-electron chi connectivity index (χ4n) is 1.67. The van der Waals surface area contributed by atoms with Crippen molar-refractivity contribution in [2.75, 3.05) is 49.1 Å². The molecule has 0 saturated carbocycles. The van der Waals surface area contributed by atoms with Gasteiger partial charge >= 0.3 is 17.9 Å². The minimum atomic E-state index is -3.33. The molecule has 0 spiro atoms. The molecule has 0 amide bonds. The highest BCUT2D eigenvalue weighted by molar-refractivity contribution is 6.72. The molecule has 0 fully saturated rings. The lowest BCUT2D eigenvalue weighted by atomic mass is 10.5. The van der Waals surface area contributed by atoms with Crippen molar-refractivity contribution in [2.24, 2.45) is 5.28 Å². The summed E-state index contributed by atoms with van der Waals surface area (Å²) in [6, 6.07) is 0.383. The minimum absolute atomic E-state index is 0.0716. The average Bonchev–Trinajstić information content (AvgIpc) is 2.57. The SMILES string of the molecule is CO[Si](CCCN(C)[N+]([O-])=NO)(OC)O[Si](OC)(OC)OC. The largest absolute Gasteiger partial charge is 0.671 e. The summed E-state index contributed by atoms with van der Waals surface area (Å²) in [6.07, 6.45) is 0.486. The third-order valence-corrected chi connectivity index (χ3v) is 8.94. The third kappa shape index (κ3) is 5.77. The molecule has 22 heavy (non-hydrogen) atoms. The number of hydrogen-bond acceptors (Lipinski definition) is 8. The van der Waals surface area contributed by atoms with Crippen LogP contribution < -0.4 is 0 Å². The Labute approximate surface area is 132 Å². The minimum Gasteiger partial charge on any atom is -0.569 e. The van der Waals surface area contributed by atoms with Crippen molar-refractivity contribution in [3.63, 3.8) is 0 Å². The maximum atomic E-state index is 11.1. The summed E-state index contributed by atoms with van der Waals surface area (Å²) in [7, 11) is 2.20. The lowest BCUT2D eigenvalue weighted by molar-refractivity contribution is -0.704. The average molecular weight is 359 g/mol. The molecule has 132 valence electrons. The number of hydrazine groups is 1. The van der Waals surface area contributed by atoms with Crippen LogP contribution in [-0.2, 0) is 26.2 Å².